The van der Waals surface area contributed by atoms with Crippen molar-refractivity contribution >= 4 is 5.97 Å². The predicted octanol–water partition coefficient (Wildman–Crippen LogP) is 1.68. The van der Waals surface area contributed by atoms with E-state index in [1.165, 1.54) is 6.92 Å². The minimum Gasteiger partial charge on any atom is -0.462 e. The van der Waals surface area contributed by atoms with Gasteiger partial charge in [0.2, 0.25) is 0 Å². The van der Waals surface area contributed by atoms with Crippen molar-refractivity contribution in [2.24, 2.45) is 0 Å². The van der Waals surface area contributed by atoms with E-state index in [1.54, 1.807) is 12.2 Å². The zero-order valence-corrected chi connectivity index (χ0v) is 6.39. The molecule has 2 nitrogen and oxygen atoms in total. The minimum absolute atomic E-state index is 0.256. The lowest BCUT2D eigenvalue weighted by molar-refractivity contribution is -0.139. The Bertz CT molecular complexity index is 157. The van der Waals surface area contributed by atoms with Crippen LogP contribution in [0, 0.1) is 0 Å². The summed E-state index contributed by atoms with van der Waals surface area (Å²) in [6.07, 6.45) is 3.51. The number of allylic oxidation sites excluding steroid dienone is 2. The monoisotopic (exact) mass is 140 g/mol. The maximum Gasteiger partial charge on any atom is 0.302 e. The topological polar surface area (TPSA) is 26.3 Å². The first kappa shape index (κ1) is 8.95. The largest absolute Gasteiger partial charge is 0.462 e. The van der Waals surface area contributed by atoms with E-state index in [0.29, 0.717) is 6.61 Å². The van der Waals surface area contributed by atoms with Crippen molar-refractivity contribution < 1.29 is 9.53 Å². The fourth-order valence-corrected chi connectivity index (χ4v) is 0.374. The Morgan fingerprint density at radius 3 is 2.60 bits per heavy atom. The number of ether oxygens (including phenoxy) is 1. The van der Waals surface area contributed by atoms with Crippen molar-refractivity contribution in [1.82, 2.24) is 0 Å². The molecule has 0 aromatic carbocycles. The zero-order chi connectivity index (χ0) is 7.98. The maximum absolute atomic E-state index is 10.2. The first-order valence-corrected chi connectivity index (χ1v) is 3.09. The maximum atomic E-state index is 10.2. The molecule has 0 rings (SSSR count). The Balaban J connectivity index is 3.52. The number of rotatable bonds is 3. The Labute approximate surface area is 61.2 Å². The quantitative estimate of drug-likeness (QED) is 0.440. The van der Waals surface area contributed by atoms with Crippen LogP contribution in [0.1, 0.15) is 13.8 Å². The second-order valence-corrected chi connectivity index (χ2v) is 1.95. The second kappa shape index (κ2) is 4.79. The van der Waals surface area contributed by atoms with Crippen molar-refractivity contribution in [1.29, 1.82) is 0 Å². The molecular weight excluding hydrogens is 128 g/mol. The Morgan fingerprint density at radius 2 is 2.20 bits per heavy atom. The van der Waals surface area contributed by atoms with E-state index in [0.717, 1.165) is 5.57 Å². The number of esters is 1. The minimum atomic E-state index is -0.256. The average Bonchev–Trinajstić information content (AvgIpc) is 1.87. The van der Waals surface area contributed by atoms with Crippen molar-refractivity contribution in [2.75, 3.05) is 6.61 Å². The Kier molecular flexibility index (Phi) is 4.29. The standard InChI is InChI=1S/C8H12O2/c1-4-7(2)5-6-10-8(3)9/h4-5H,1,6H2,2-3H3/b7-5+. The summed E-state index contributed by atoms with van der Waals surface area (Å²) in [5.74, 6) is -0.256. The predicted molar refractivity (Wildman–Crippen MR) is 40.6 cm³/mol. The average molecular weight is 140 g/mol. The lowest BCUT2D eigenvalue weighted by Crippen LogP contribution is -1.97. The number of hydrogen-bond donors (Lipinski definition) is 0. The number of carbonyl (C=O) groups is 1. The number of hydrogen-bond acceptors (Lipinski definition) is 2. The van der Waals surface area contributed by atoms with Gasteiger partial charge in [0.1, 0.15) is 6.61 Å². The highest BCUT2D eigenvalue weighted by molar-refractivity contribution is 5.66. The first-order chi connectivity index (χ1) is 4.66. The highest BCUT2D eigenvalue weighted by atomic mass is 16.5. The molecule has 0 atom stereocenters. The molecule has 10 heavy (non-hydrogen) atoms. The van der Waals surface area contributed by atoms with Gasteiger partial charge in [0.25, 0.3) is 0 Å². The van der Waals surface area contributed by atoms with Crippen LogP contribution in [0.25, 0.3) is 0 Å². The van der Waals surface area contributed by atoms with Crippen LogP contribution < -0.4 is 0 Å². The lowest BCUT2D eigenvalue weighted by atomic mass is 10.3. The molecule has 0 bridgehead atoms. The third-order valence-corrected chi connectivity index (χ3v) is 1.01. The molecule has 0 radical (unpaired) electrons. The molecule has 0 amide bonds. The summed E-state index contributed by atoms with van der Waals surface area (Å²) < 4.78 is 4.65. The summed E-state index contributed by atoms with van der Waals surface area (Å²) in [6, 6.07) is 0. The van der Waals surface area contributed by atoms with Gasteiger partial charge in [0.05, 0.1) is 0 Å². The van der Waals surface area contributed by atoms with Crippen LogP contribution in [0.5, 0.6) is 0 Å². The van der Waals surface area contributed by atoms with Crippen molar-refractivity contribution in [3.05, 3.63) is 24.3 Å². The molecule has 0 heterocycles. The van der Waals surface area contributed by atoms with Gasteiger partial charge in [-0.15, -0.1) is 0 Å². The van der Waals surface area contributed by atoms with Crippen molar-refractivity contribution in [3.8, 4) is 0 Å². The van der Waals surface area contributed by atoms with Gasteiger partial charge in [-0.3, -0.25) is 4.79 Å². The molecule has 0 aliphatic carbocycles. The van der Waals surface area contributed by atoms with Gasteiger partial charge in [-0.1, -0.05) is 18.2 Å². The van der Waals surface area contributed by atoms with Crippen molar-refractivity contribution in [2.45, 2.75) is 13.8 Å². The van der Waals surface area contributed by atoms with Crippen LogP contribution in [0.4, 0.5) is 0 Å². The molecule has 0 spiro atoms. The van der Waals surface area contributed by atoms with E-state index in [-0.39, 0.29) is 5.97 Å². The highest BCUT2D eigenvalue weighted by Gasteiger charge is 1.87. The van der Waals surface area contributed by atoms with E-state index in [4.69, 9.17) is 0 Å². The van der Waals surface area contributed by atoms with Crippen LogP contribution in [-0.2, 0) is 9.53 Å². The van der Waals surface area contributed by atoms with Gasteiger partial charge in [-0.25, -0.2) is 0 Å². The molecule has 0 saturated carbocycles. The SMILES string of the molecule is C=C/C(C)=C/COC(C)=O. The van der Waals surface area contributed by atoms with Gasteiger partial charge in [0.15, 0.2) is 0 Å². The molecule has 0 aliphatic rings. The van der Waals surface area contributed by atoms with E-state index in [9.17, 15) is 4.79 Å². The van der Waals surface area contributed by atoms with Crippen molar-refractivity contribution in [3.63, 3.8) is 0 Å². The third kappa shape index (κ3) is 5.09. The lowest BCUT2D eigenvalue weighted by Gasteiger charge is -1.95. The molecule has 0 aliphatic heterocycles. The Morgan fingerprint density at radius 1 is 1.60 bits per heavy atom. The van der Waals surface area contributed by atoms with Gasteiger partial charge >= 0.3 is 5.97 Å². The molecule has 0 aromatic rings. The van der Waals surface area contributed by atoms with Crippen LogP contribution in [0.2, 0.25) is 0 Å². The first-order valence-electron chi connectivity index (χ1n) is 3.09. The van der Waals surface area contributed by atoms with Gasteiger partial charge in [-0.05, 0) is 13.0 Å². The molecular formula is C8H12O2. The smallest absolute Gasteiger partial charge is 0.302 e. The molecule has 2 heteroatoms. The normalized spacial score (nSPS) is 10.8. The van der Waals surface area contributed by atoms with Gasteiger partial charge in [0, 0.05) is 6.92 Å². The Hall–Kier alpha value is -1.05. The molecule has 0 saturated heterocycles. The summed E-state index contributed by atoms with van der Waals surface area (Å²) in [7, 11) is 0. The van der Waals surface area contributed by atoms with Gasteiger partial charge in [-0.2, -0.15) is 0 Å². The van der Waals surface area contributed by atoms with Gasteiger partial charge < -0.3 is 4.74 Å². The summed E-state index contributed by atoms with van der Waals surface area (Å²) in [5.41, 5.74) is 1.02. The van der Waals surface area contributed by atoms with E-state index in [1.807, 2.05) is 6.92 Å². The summed E-state index contributed by atoms with van der Waals surface area (Å²) in [5, 5.41) is 0. The molecule has 0 unspecified atom stereocenters. The fraction of sp³-hybridized carbons (Fsp3) is 0.375. The van der Waals surface area contributed by atoms with Crippen LogP contribution in [0.15, 0.2) is 24.3 Å². The summed E-state index contributed by atoms with van der Waals surface area (Å²) in [4.78, 5) is 10.2. The van der Waals surface area contributed by atoms with Crippen LogP contribution in [-0.4, -0.2) is 12.6 Å². The molecule has 0 aromatic heterocycles. The highest BCUT2D eigenvalue weighted by Crippen LogP contribution is 1.91. The van der Waals surface area contributed by atoms with Crippen LogP contribution in [0.3, 0.4) is 0 Å². The summed E-state index contributed by atoms with van der Waals surface area (Å²) in [6.45, 7) is 7.18. The third-order valence-electron chi connectivity index (χ3n) is 1.01. The number of carbonyl (C=O) groups excluding carboxylic acids is 1. The zero-order valence-electron chi connectivity index (χ0n) is 6.39. The molecule has 0 N–H and O–H groups in total. The second-order valence-electron chi connectivity index (χ2n) is 1.95. The van der Waals surface area contributed by atoms with Crippen LogP contribution >= 0.6 is 0 Å². The van der Waals surface area contributed by atoms with E-state index >= 15 is 0 Å². The summed E-state index contributed by atoms with van der Waals surface area (Å²) >= 11 is 0. The molecule has 0 fully saturated rings. The molecule has 56 valence electrons. The van der Waals surface area contributed by atoms with E-state index in [2.05, 4.69) is 11.3 Å². The fourth-order valence-electron chi connectivity index (χ4n) is 0.374. The van der Waals surface area contributed by atoms with E-state index < -0.39 is 0 Å².